The molecular weight excluding hydrogens is 300 g/mol. The first-order valence-corrected chi connectivity index (χ1v) is 8.68. The van der Waals surface area contributed by atoms with Crippen molar-refractivity contribution in [3.63, 3.8) is 0 Å². The van der Waals surface area contributed by atoms with E-state index in [-0.39, 0.29) is 0 Å². The molecule has 0 amide bonds. The summed E-state index contributed by atoms with van der Waals surface area (Å²) >= 11 is 0. The van der Waals surface area contributed by atoms with Crippen molar-refractivity contribution in [3.05, 3.63) is 120 Å². The Morgan fingerprint density at radius 1 is 0.400 bits per heavy atom. The average Bonchev–Trinajstić information content (AvgIpc) is 2.70. The zero-order valence-corrected chi connectivity index (χ0v) is 14.1. The second-order valence-corrected chi connectivity index (χ2v) is 6.23. The summed E-state index contributed by atoms with van der Waals surface area (Å²) in [5, 5.41) is 0. The van der Waals surface area contributed by atoms with Crippen LogP contribution in [0.5, 0.6) is 0 Å². The Morgan fingerprint density at radius 2 is 0.920 bits per heavy atom. The van der Waals surface area contributed by atoms with Crippen LogP contribution in [0.3, 0.4) is 0 Å². The van der Waals surface area contributed by atoms with Crippen LogP contribution in [0.2, 0.25) is 0 Å². The van der Waals surface area contributed by atoms with Gasteiger partial charge in [-0.3, -0.25) is 0 Å². The maximum Gasteiger partial charge on any atom is -0.00196 e. The third-order valence-corrected chi connectivity index (χ3v) is 4.56. The zero-order valence-electron chi connectivity index (χ0n) is 14.1. The Hall–Kier alpha value is -3.12. The van der Waals surface area contributed by atoms with Crippen molar-refractivity contribution in [3.8, 4) is 22.3 Å². The van der Waals surface area contributed by atoms with E-state index >= 15 is 0 Å². The second kappa shape index (κ2) is 7.19. The highest BCUT2D eigenvalue weighted by Crippen LogP contribution is 2.34. The summed E-state index contributed by atoms with van der Waals surface area (Å²) in [6.07, 6.45) is 0.945. The van der Waals surface area contributed by atoms with E-state index in [1.54, 1.807) is 0 Å². The molecule has 0 spiro atoms. The lowest BCUT2D eigenvalue weighted by atomic mass is 9.90. The molecule has 0 aliphatic heterocycles. The van der Waals surface area contributed by atoms with Gasteiger partial charge in [0.15, 0.2) is 0 Å². The molecule has 4 aromatic rings. The van der Waals surface area contributed by atoms with Gasteiger partial charge in [0.1, 0.15) is 0 Å². The molecule has 0 unspecified atom stereocenters. The van der Waals surface area contributed by atoms with Crippen molar-refractivity contribution in [2.24, 2.45) is 0 Å². The summed E-state index contributed by atoms with van der Waals surface area (Å²) in [4.78, 5) is 0. The molecule has 0 atom stereocenters. The van der Waals surface area contributed by atoms with Gasteiger partial charge < -0.3 is 0 Å². The molecule has 120 valence electrons. The normalized spacial score (nSPS) is 10.6. The molecule has 0 bridgehead atoms. The fourth-order valence-electron chi connectivity index (χ4n) is 3.34. The molecular formula is C25H20. The summed E-state index contributed by atoms with van der Waals surface area (Å²) in [6.45, 7) is 0. The van der Waals surface area contributed by atoms with Crippen LogP contribution in [0.25, 0.3) is 22.3 Å². The summed E-state index contributed by atoms with van der Waals surface area (Å²) in [6, 6.07) is 38.7. The minimum Gasteiger partial charge on any atom is -0.0622 e. The fourth-order valence-corrected chi connectivity index (χ4v) is 3.34. The lowest BCUT2D eigenvalue weighted by molar-refractivity contribution is 1.20. The Balaban J connectivity index is 1.82. The standard InChI is InChI=1S/C25H20/c1-3-11-20(12-4-1)19-22-15-7-8-17-24(22)25-18-10-9-16-23(25)21-13-5-2-6-14-21/h1-18H,19H2. The van der Waals surface area contributed by atoms with Gasteiger partial charge in [0, 0.05) is 0 Å². The number of rotatable bonds is 4. The molecule has 25 heavy (non-hydrogen) atoms. The van der Waals surface area contributed by atoms with Crippen molar-refractivity contribution in [1.82, 2.24) is 0 Å². The number of hydrogen-bond donors (Lipinski definition) is 0. The molecule has 0 N–H and O–H groups in total. The van der Waals surface area contributed by atoms with Crippen molar-refractivity contribution < 1.29 is 0 Å². The van der Waals surface area contributed by atoms with Gasteiger partial charge in [0.2, 0.25) is 0 Å². The smallest absolute Gasteiger partial charge is 0.00196 e. The van der Waals surface area contributed by atoms with Crippen LogP contribution in [0.4, 0.5) is 0 Å². The third kappa shape index (κ3) is 3.39. The SMILES string of the molecule is c1ccc(Cc2ccccc2-c2ccccc2-c2ccccc2)cc1. The topological polar surface area (TPSA) is 0 Å². The van der Waals surface area contributed by atoms with E-state index in [0.717, 1.165) is 6.42 Å². The molecule has 0 radical (unpaired) electrons. The maximum absolute atomic E-state index is 2.24. The molecule has 0 aromatic heterocycles. The Labute approximate surface area is 149 Å². The first-order valence-electron chi connectivity index (χ1n) is 8.68. The Kier molecular flexibility index (Phi) is 4.43. The largest absolute Gasteiger partial charge is 0.0622 e. The van der Waals surface area contributed by atoms with Gasteiger partial charge in [-0.1, -0.05) is 109 Å². The van der Waals surface area contributed by atoms with Crippen molar-refractivity contribution in [2.75, 3.05) is 0 Å². The number of hydrogen-bond acceptors (Lipinski definition) is 0. The molecule has 0 aliphatic carbocycles. The highest BCUT2D eigenvalue weighted by atomic mass is 14.1. The lowest BCUT2D eigenvalue weighted by Gasteiger charge is -2.14. The predicted molar refractivity (Wildman–Crippen MR) is 107 cm³/mol. The van der Waals surface area contributed by atoms with Gasteiger partial charge in [-0.05, 0) is 39.8 Å². The minimum absolute atomic E-state index is 0.945. The summed E-state index contributed by atoms with van der Waals surface area (Å²) in [5.41, 5.74) is 7.84. The van der Waals surface area contributed by atoms with E-state index in [9.17, 15) is 0 Å². The summed E-state index contributed by atoms with van der Waals surface area (Å²) in [5.74, 6) is 0. The zero-order chi connectivity index (χ0) is 16.9. The van der Waals surface area contributed by atoms with Crippen LogP contribution >= 0.6 is 0 Å². The molecule has 4 rings (SSSR count). The molecule has 0 heteroatoms. The summed E-state index contributed by atoms with van der Waals surface area (Å²) in [7, 11) is 0. The van der Waals surface area contributed by atoms with Crippen LogP contribution in [0.1, 0.15) is 11.1 Å². The van der Waals surface area contributed by atoms with Crippen LogP contribution in [-0.2, 0) is 6.42 Å². The van der Waals surface area contributed by atoms with E-state index in [1.807, 2.05) is 0 Å². The molecule has 0 saturated heterocycles. The predicted octanol–water partition coefficient (Wildman–Crippen LogP) is 6.61. The molecule has 0 aliphatic rings. The monoisotopic (exact) mass is 320 g/mol. The molecule has 0 heterocycles. The second-order valence-electron chi connectivity index (χ2n) is 6.23. The minimum atomic E-state index is 0.945. The summed E-state index contributed by atoms with van der Waals surface area (Å²) < 4.78 is 0. The van der Waals surface area contributed by atoms with Crippen LogP contribution in [0, 0.1) is 0 Å². The highest BCUT2D eigenvalue weighted by Gasteiger charge is 2.10. The Bertz CT molecular complexity index is 953. The highest BCUT2D eigenvalue weighted by molar-refractivity contribution is 5.84. The average molecular weight is 320 g/mol. The first-order chi connectivity index (χ1) is 12.4. The molecule has 0 saturated carbocycles. The first kappa shape index (κ1) is 15.4. The van der Waals surface area contributed by atoms with E-state index in [1.165, 1.54) is 33.4 Å². The van der Waals surface area contributed by atoms with Crippen LogP contribution < -0.4 is 0 Å². The van der Waals surface area contributed by atoms with Crippen molar-refractivity contribution in [1.29, 1.82) is 0 Å². The Morgan fingerprint density at radius 3 is 1.64 bits per heavy atom. The molecule has 0 fully saturated rings. The number of benzene rings is 4. The quantitative estimate of drug-likeness (QED) is 0.397. The fraction of sp³-hybridized carbons (Fsp3) is 0.0400. The van der Waals surface area contributed by atoms with Gasteiger partial charge in [-0.25, -0.2) is 0 Å². The van der Waals surface area contributed by atoms with Gasteiger partial charge in [-0.15, -0.1) is 0 Å². The van der Waals surface area contributed by atoms with Crippen molar-refractivity contribution >= 4 is 0 Å². The van der Waals surface area contributed by atoms with Crippen molar-refractivity contribution in [2.45, 2.75) is 6.42 Å². The van der Waals surface area contributed by atoms with Gasteiger partial charge in [-0.2, -0.15) is 0 Å². The van der Waals surface area contributed by atoms with Crippen LogP contribution in [-0.4, -0.2) is 0 Å². The van der Waals surface area contributed by atoms with Gasteiger partial charge >= 0.3 is 0 Å². The van der Waals surface area contributed by atoms with E-state index in [2.05, 4.69) is 109 Å². The molecule has 4 aromatic carbocycles. The lowest BCUT2D eigenvalue weighted by Crippen LogP contribution is -1.93. The third-order valence-electron chi connectivity index (χ3n) is 4.56. The van der Waals surface area contributed by atoms with Crippen LogP contribution in [0.15, 0.2) is 109 Å². The van der Waals surface area contributed by atoms with Gasteiger partial charge in [0.25, 0.3) is 0 Å². The van der Waals surface area contributed by atoms with E-state index in [4.69, 9.17) is 0 Å². The van der Waals surface area contributed by atoms with E-state index < -0.39 is 0 Å². The van der Waals surface area contributed by atoms with E-state index in [0.29, 0.717) is 0 Å². The molecule has 0 nitrogen and oxygen atoms in total. The van der Waals surface area contributed by atoms with Gasteiger partial charge in [0.05, 0.1) is 0 Å². The maximum atomic E-state index is 2.24.